The summed E-state index contributed by atoms with van der Waals surface area (Å²) in [6.45, 7) is 2.03. The van der Waals surface area contributed by atoms with Crippen molar-refractivity contribution in [1.82, 2.24) is 9.97 Å². The minimum atomic E-state index is 0.588. The lowest BCUT2D eigenvalue weighted by Gasteiger charge is -1.98. The summed E-state index contributed by atoms with van der Waals surface area (Å²) in [5.74, 6) is 1.53. The molecule has 0 saturated heterocycles. The number of hydrogen-bond donors (Lipinski definition) is 1. The molecule has 0 aliphatic heterocycles. The lowest BCUT2D eigenvalue weighted by molar-refractivity contribution is 0.988. The van der Waals surface area contributed by atoms with Gasteiger partial charge in [-0.25, -0.2) is 4.98 Å². The van der Waals surface area contributed by atoms with Gasteiger partial charge in [0.05, 0.1) is 5.69 Å². The Morgan fingerprint density at radius 2 is 2.25 bits per heavy atom. The number of H-pyrrole nitrogens is 1. The summed E-state index contributed by atoms with van der Waals surface area (Å²) in [5.41, 5.74) is 3.20. The Kier molecular flexibility index (Phi) is 3.66. The molecule has 16 heavy (non-hydrogen) atoms. The second-order valence-corrected chi connectivity index (χ2v) is 4.90. The van der Waals surface area contributed by atoms with Crippen LogP contribution in [0.4, 0.5) is 0 Å². The molecule has 2 aromatic rings. The average molecular weight is 300 g/mol. The normalized spacial score (nSPS) is 10.7. The van der Waals surface area contributed by atoms with E-state index in [9.17, 15) is 0 Å². The van der Waals surface area contributed by atoms with Crippen molar-refractivity contribution in [2.75, 3.05) is 5.88 Å². The zero-order valence-corrected chi connectivity index (χ0v) is 11.3. The standard InChI is InChI=1S/C12H12BrClN2/c1-8-12(16-11(15-8)5-6-14)9-3-2-4-10(13)7-9/h2-4,7H,5-6H2,1H3,(H,15,16). The molecule has 0 radical (unpaired) electrons. The van der Waals surface area contributed by atoms with Gasteiger partial charge in [0.15, 0.2) is 0 Å². The van der Waals surface area contributed by atoms with Crippen LogP contribution in [0.15, 0.2) is 28.7 Å². The molecule has 0 saturated carbocycles. The number of hydrogen-bond acceptors (Lipinski definition) is 1. The first-order valence-electron chi connectivity index (χ1n) is 5.08. The van der Waals surface area contributed by atoms with Crippen LogP contribution in [0.1, 0.15) is 11.5 Å². The van der Waals surface area contributed by atoms with Crippen molar-refractivity contribution in [1.29, 1.82) is 0 Å². The Morgan fingerprint density at radius 3 is 2.94 bits per heavy atom. The van der Waals surface area contributed by atoms with Gasteiger partial charge in [-0.05, 0) is 19.1 Å². The number of aromatic nitrogens is 2. The second kappa shape index (κ2) is 5.02. The fourth-order valence-corrected chi connectivity index (χ4v) is 2.23. The van der Waals surface area contributed by atoms with Gasteiger partial charge in [-0.1, -0.05) is 28.1 Å². The lowest BCUT2D eigenvalue weighted by atomic mass is 10.1. The molecule has 1 aromatic carbocycles. The first-order valence-corrected chi connectivity index (χ1v) is 6.41. The van der Waals surface area contributed by atoms with Crippen molar-refractivity contribution in [3.63, 3.8) is 0 Å². The third-order valence-corrected chi connectivity index (χ3v) is 3.05. The molecule has 0 unspecified atom stereocenters. The molecule has 0 amide bonds. The van der Waals surface area contributed by atoms with E-state index in [1.54, 1.807) is 0 Å². The van der Waals surface area contributed by atoms with Crippen LogP contribution in [0.25, 0.3) is 11.3 Å². The summed E-state index contributed by atoms with van der Waals surface area (Å²) in [4.78, 5) is 7.80. The van der Waals surface area contributed by atoms with Gasteiger partial charge in [-0.2, -0.15) is 0 Å². The van der Waals surface area contributed by atoms with E-state index in [4.69, 9.17) is 11.6 Å². The van der Waals surface area contributed by atoms with Crippen LogP contribution in [-0.4, -0.2) is 15.8 Å². The van der Waals surface area contributed by atoms with E-state index in [2.05, 4.69) is 38.0 Å². The monoisotopic (exact) mass is 298 g/mol. The highest BCUT2D eigenvalue weighted by Crippen LogP contribution is 2.24. The second-order valence-electron chi connectivity index (χ2n) is 3.61. The first kappa shape index (κ1) is 11.7. The van der Waals surface area contributed by atoms with Crippen molar-refractivity contribution in [2.24, 2.45) is 0 Å². The van der Waals surface area contributed by atoms with Gasteiger partial charge in [0.1, 0.15) is 5.82 Å². The summed E-state index contributed by atoms with van der Waals surface area (Å²) in [6, 6.07) is 8.13. The predicted molar refractivity (Wildman–Crippen MR) is 70.9 cm³/mol. The minimum Gasteiger partial charge on any atom is -0.346 e. The SMILES string of the molecule is Cc1[nH]c(CCCl)nc1-c1cccc(Br)c1. The number of rotatable bonds is 3. The number of halogens is 2. The Bertz CT molecular complexity index is 494. The van der Waals surface area contributed by atoms with E-state index in [1.807, 2.05) is 19.1 Å². The molecule has 0 aliphatic rings. The molecule has 0 spiro atoms. The quantitative estimate of drug-likeness (QED) is 0.855. The lowest BCUT2D eigenvalue weighted by Crippen LogP contribution is -1.88. The molecule has 84 valence electrons. The molecular weight excluding hydrogens is 288 g/mol. The Labute approximate surface area is 108 Å². The third kappa shape index (κ3) is 2.47. The largest absolute Gasteiger partial charge is 0.346 e. The molecule has 4 heteroatoms. The molecule has 1 aromatic heterocycles. The van der Waals surface area contributed by atoms with Crippen LogP contribution < -0.4 is 0 Å². The highest BCUT2D eigenvalue weighted by atomic mass is 79.9. The van der Waals surface area contributed by atoms with E-state index in [0.717, 1.165) is 33.7 Å². The van der Waals surface area contributed by atoms with Crippen LogP contribution >= 0.6 is 27.5 Å². The molecule has 0 aliphatic carbocycles. The van der Waals surface area contributed by atoms with Gasteiger partial charge < -0.3 is 4.98 Å². The fraction of sp³-hybridized carbons (Fsp3) is 0.250. The third-order valence-electron chi connectivity index (χ3n) is 2.36. The zero-order valence-electron chi connectivity index (χ0n) is 8.93. The van der Waals surface area contributed by atoms with Crippen LogP contribution in [0.3, 0.4) is 0 Å². The van der Waals surface area contributed by atoms with Gasteiger partial charge in [-0.15, -0.1) is 11.6 Å². The van der Waals surface area contributed by atoms with E-state index >= 15 is 0 Å². The van der Waals surface area contributed by atoms with Gasteiger partial charge in [0.25, 0.3) is 0 Å². The van der Waals surface area contributed by atoms with Crippen LogP contribution in [0, 0.1) is 6.92 Å². The minimum absolute atomic E-state index is 0.588. The smallest absolute Gasteiger partial charge is 0.108 e. The fourth-order valence-electron chi connectivity index (χ4n) is 1.65. The number of alkyl halides is 1. The predicted octanol–water partition coefficient (Wildman–Crippen LogP) is 3.93. The summed E-state index contributed by atoms with van der Waals surface area (Å²) < 4.78 is 1.06. The average Bonchev–Trinajstić information content (AvgIpc) is 2.60. The highest BCUT2D eigenvalue weighted by Gasteiger charge is 2.08. The van der Waals surface area contributed by atoms with Gasteiger partial charge in [-0.3, -0.25) is 0 Å². The molecule has 1 heterocycles. The number of benzene rings is 1. The summed E-state index contributed by atoms with van der Waals surface area (Å²) in [7, 11) is 0. The maximum absolute atomic E-state index is 5.70. The van der Waals surface area contributed by atoms with Crippen molar-refractivity contribution in [3.05, 3.63) is 40.3 Å². The molecule has 2 rings (SSSR count). The molecule has 0 atom stereocenters. The maximum atomic E-state index is 5.70. The number of aromatic amines is 1. The van der Waals surface area contributed by atoms with Crippen LogP contribution in [-0.2, 0) is 6.42 Å². The molecule has 1 N–H and O–H groups in total. The number of imidazole rings is 1. The topological polar surface area (TPSA) is 28.7 Å². The Balaban J connectivity index is 2.40. The summed E-state index contributed by atoms with van der Waals surface area (Å²) in [6.07, 6.45) is 0.774. The van der Waals surface area contributed by atoms with Gasteiger partial charge in [0, 0.05) is 28.0 Å². The Morgan fingerprint density at radius 1 is 1.44 bits per heavy atom. The van der Waals surface area contributed by atoms with Crippen molar-refractivity contribution < 1.29 is 0 Å². The maximum Gasteiger partial charge on any atom is 0.108 e. The first-order chi connectivity index (χ1) is 7.70. The highest BCUT2D eigenvalue weighted by molar-refractivity contribution is 9.10. The van der Waals surface area contributed by atoms with E-state index in [0.29, 0.717) is 5.88 Å². The Hall–Kier alpha value is -0.800. The summed E-state index contributed by atoms with van der Waals surface area (Å²) in [5, 5.41) is 0. The summed E-state index contributed by atoms with van der Waals surface area (Å²) >= 11 is 9.16. The number of nitrogens with one attached hydrogen (secondary N) is 1. The number of nitrogens with zero attached hydrogens (tertiary/aromatic N) is 1. The molecule has 0 fully saturated rings. The zero-order chi connectivity index (χ0) is 11.5. The van der Waals surface area contributed by atoms with Gasteiger partial charge >= 0.3 is 0 Å². The molecular formula is C12H12BrClN2. The van der Waals surface area contributed by atoms with Gasteiger partial charge in [0.2, 0.25) is 0 Å². The van der Waals surface area contributed by atoms with E-state index in [-0.39, 0.29) is 0 Å². The van der Waals surface area contributed by atoms with E-state index in [1.165, 1.54) is 0 Å². The van der Waals surface area contributed by atoms with Crippen molar-refractivity contribution >= 4 is 27.5 Å². The van der Waals surface area contributed by atoms with Crippen LogP contribution in [0.5, 0.6) is 0 Å². The van der Waals surface area contributed by atoms with E-state index < -0.39 is 0 Å². The molecule has 0 bridgehead atoms. The number of aryl methyl sites for hydroxylation is 2. The van der Waals surface area contributed by atoms with Crippen molar-refractivity contribution in [3.8, 4) is 11.3 Å². The van der Waals surface area contributed by atoms with Crippen molar-refractivity contribution in [2.45, 2.75) is 13.3 Å². The molecule has 2 nitrogen and oxygen atoms in total. The van der Waals surface area contributed by atoms with Crippen LogP contribution in [0.2, 0.25) is 0 Å².